The van der Waals surface area contributed by atoms with Gasteiger partial charge in [-0.2, -0.15) is 22.0 Å². The number of piperidine rings is 1. The van der Waals surface area contributed by atoms with Crippen molar-refractivity contribution in [2.24, 2.45) is 10.7 Å². The number of likely N-dealkylation sites (tertiary alicyclic amines) is 1. The van der Waals surface area contributed by atoms with E-state index >= 15 is 0 Å². The zero-order valence-corrected chi connectivity index (χ0v) is 22.3. The molecule has 1 amide bonds. The number of alkyl halides is 5. The van der Waals surface area contributed by atoms with Gasteiger partial charge in [-0.25, -0.2) is 4.99 Å². The standard InChI is InChI=1S/C28H32F5N5O2/c1-3-5-18(34)25-21(37-20-9-8-16(15-6-7-15)12-23(20)40-27(29)30)10-11-38(22(25)4-2)26(39)17-14-36-24(13-19(17)35)28(31,32)33/h8-9,12-15,22,27H,3-7,10-11,34H2,1-2H3,(H2,35,36)/b25-18+,37-21?. The lowest BCUT2D eigenvalue weighted by atomic mass is 9.88. The lowest BCUT2D eigenvalue weighted by molar-refractivity contribution is -0.141. The van der Waals surface area contributed by atoms with Gasteiger partial charge in [0.2, 0.25) is 0 Å². The largest absolute Gasteiger partial charge is 0.433 e. The van der Waals surface area contributed by atoms with E-state index in [0.717, 1.165) is 24.6 Å². The molecule has 1 saturated carbocycles. The molecule has 0 spiro atoms. The molecular weight excluding hydrogens is 533 g/mol. The molecule has 2 aliphatic rings. The molecule has 0 bridgehead atoms. The third-order valence-corrected chi connectivity index (χ3v) is 7.08. The maximum absolute atomic E-state index is 13.5. The molecule has 1 unspecified atom stereocenters. The third-order valence-electron chi connectivity index (χ3n) is 7.08. The first-order valence-electron chi connectivity index (χ1n) is 13.2. The summed E-state index contributed by atoms with van der Waals surface area (Å²) in [6.45, 7) is 0.915. The molecule has 216 valence electrons. The fraction of sp³-hybridized carbons (Fsp3) is 0.464. The van der Waals surface area contributed by atoms with E-state index in [0.29, 0.717) is 48.2 Å². The van der Waals surface area contributed by atoms with Crippen molar-refractivity contribution in [1.29, 1.82) is 0 Å². The van der Waals surface area contributed by atoms with Crippen LogP contribution in [0.4, 0.5) is 33.3 Å². The number of nitrogen functional groups attached to an aromatic ring is 1. The molecule has 1 aromatic heterocycles. The number of carbonyl (C=O) groups excluding carboxylic acids is 1. The van der Waals surface area contributed by atoms with Crippen molar-refractivity contribution in [2.45, 2.75) is 77.1 Å². The fourth-order valence-corrected chi connectivity index (χ4v) is 5.04. The average molecular weight is 566 g/mol. The van der Waals surface area contributed by atoms with Crippen LogP contribution in [0.25, 0.3) is 0 Å². The number of nitrogens with two attached hydrogens (primary N) is 2. The minimum atomic E-state index is -4.70. The summed E-state index contributed by atoms with van der Waals surface area (Å²) in [6, 6.07) is 5.17. The van der Waals surface area contributed by atoms with Crippen LogP contribution < -0.4 is 16.2 Å². The first-order chi connectivity index (χ1) is 18.9. The molecule has 7 nitrogen and oxygen atoms in total. The molecule has 1 aliphatic carbocycles. The summed E-state index contributed by atoms with van der Waals surface area (Å²) in [7, 11) is 0. The summed E-state index contributed by atoms with van der Waals surface area (Å²) in [5.41, 5.74) is 13.5. The maximum Gasteiger partial charge on any atom is 0.433 e. The molecule has 2 fully saturated rings. The van der Waals surface area contributed by atoms with Crippen molar-refractivity contribution in [2.75, 3.05) is 12.3 Å². The Hall–Kier alpha value is -3.70. The van der Waals surface area contributed by atoms with E-state index in [1.54, 1.807) is 12.1 Å². The van der Waals surface area contributed by atoms with E-state index in [2.05, 4.69) is 4.98 Å². The van der Waals surface area contributed by atoms with Gasteiger partial charge in [-0.3, -0.25) is 9.78 Å². The molecule has 1 saturated heterocycles. The van der Waals surface area contributed by atoms with Crippen LogP contribution in [-0.4, -0.2) is 40.7 Å². The Morgan fingerprint density at radius 2 is 1.95 bits per heavy atom. The van der Waals surface area contributed by atoms with Crippen LogP contribution in [0, 0.1) is 0 Å². The SMILES string of the molecule is CCC/C(N)=C1/C(=Nc2ccc(C3CC3)cc2OC(F)F)CCN(C(=O)c2cnc(C(F)(F)F)cc2N)C1CC. The Morgan fingerprint density at radius 3 is 2.52 bits per heavy atom. The third kappa shape index (κ3) is 6.37. The van der Waals surface area contributed by atoms with Crippen molar-refractivity contribution >= 4 is 23.0 Å². The molecule has 4 rings (SSSR count). The monoisotopic (exact) mass is 565 g/mol. The Balaban J connectivity index is 1.73. The van der Waals surface area contributed by atoms with Gasteiger partial charge in [0.1, 0.15) is 11.4 Å². The zero-order valence-electron chi connectivity index (χ0n) is 22.3. The molecule has 2 aromatic rings. The van der Waals surface area contributed by atoms with Crippen molar-refractivity contribution < 1.29 is 31.5 Å². The number of anilines is 1. The molecule has 1 atom stereocenters. The second-order valence-corrected chi connectivity index (χ2v) is 9.95. The van der Waals surface area contributed by atoms with Crippen LogP contribution in [0.1, 0.15) is 79.9 Å². The number of allylic oxidation sites excluding steroid dienone is 1. The van der Waals surface area contributed by atoms with Gasteiger partial charge in [-0.1, -0.05) is 26.3 Å². The minimum Gasteiger partial charge on any atom is -0.433 e. The molecule has 40 heavy (non-hydrogen) atoms. The Kier molecular flexibility index (Phi) is 8.65. The van der Waals surface area contributed by atoms with Gasteiger partial charge in [-0.05, 0) is 55.4 Å². The normalized spacial score (nSPS) is 20.2. The molecule has 2 heterocycles. The second-order valence-electron chi connectivity index (χ2n) is 9.95. The molecule has 1 aliphatic heterocycles. The molecule has 1 aromatic carbocycles. The topological polar surface area (TPSA) is 107 Å². The highest BCUT2D eigenvalue weighted by Crippen LogP contribution is 2.44. The highest BCUT2D eigenvalue weighted by molar-refractivity contribution is 6.07. The molecule has 12 heteroatoms. The number of carbonyl (C=O) groups is 1. The van der Waals surface area contributed by atoms with E-state index < -0.39 is 30.4 Å². The summed E-state index contributed by atoms with van der Waals surface area (Å²) in [5, 5.41) is 0. The number of rotatable bonds is 8. The predicted octanol–water partition coefficient (Wildman–Crippen LogP) is 6.57. The highest BCUT2D eigenvalue weighted by atomic mass is 19.4. The Bertz CT molecular complexity index is 1320. The zero-order chi connectivity index (χ0) is 29.2. The van der Waals surface area contributed by atoms with Crippen molar-refractivity contribution in [1.82, 2.24) is 9.88 Å². The summed E-state index contributed by atoms with van der Waals surface area (Å²) in [5.74, 6) is -0.291. The first-order valence-corrected chi connectivity index (χ1v) is 13.2. The summed E-state index contributed by atoms with van der Waals surface area (Å²) in [4.78, 5) is 23.2. The number of pyridine rings is 1. The highest BCUT2D eigenvalue weighted by Gasteiger charge is 2.37. The van der Waals surface area contributed by atoms with Crippen molar-refractivity contribution in [3.63, 3.8) is 0 Å². The number of amides is 1. The summed E-state index contributed by atoms with van der Waals surface area (Å²) >= 11 is 0. The van der Waals surface area contributed by atoms with E-state index in [9.17, 15) is 26.7 Å². The van der Waals surface area contributed by atoms with Crippen LogP contribution in [0.2, 0.25) is 0 Å². The van der Waals surface area contributed by atoms with E-state index in [-0.39, 0.29) is 35.7 Å². The summed E-state index contributed by atoms with van der Waals surface area (Å²) < 4.78 is 70.5. The van der Waals surface area contributed by atoms with Crippen LogP contribution in [0.3, 0.4) is 0 Å². The Morgan fingerprint density at radius 1 is 1.23 bits per heavy atom. The molecular formula is C28H32F5N5O2. The van der Waals surface area contributed by atoms with Crippen LogP contribution in [0.15, 0.2) is 46.7 Å². The number of ether oxygens (including phenoxy) is 1. The van der Waals surface area contributed by atoms with E-state index in [4.69, 9.17) is 21.2 Å². The smallest absolute Gasteiger partial charge is 0.433 e. The van der Waals surface area contributed by atoms with Gasteiger partial charge in [0.15, 0.2) is 5.75 Å². The van der Waals surface area contributed by atoms with Crippen LogP contribution in [0.5, 0.6) is 5.75 Å². The van der Waals surface area contributed by atoms with Crippen molar-refractivity contribution in [3.05, 3.63) is 58.6 Å². The average Bonchev–Trinajstić information content (AvgIpc) is 3.74. The predicted molar refractivity (Wildman–Crippen MR) is 142 cm³/mol. The fourth-order valence-electron chi connectivity index (χ4n) is 5.04. The number of benzene rings is 1. The van der Waals surface area contributed by atoms with Gasteiger partial charge < -0.3 is 21.1 Å². The van der Waals surface area contributed by atoms with E-state index in [1.807, 2.05) is 19.9 Å². The number of hydrogen-bond acceptors (Lipinski definition) is 6. The Labute approximate surface area is 229 Å². The van der Waals surface area contributed by atoms with Crippen LogP contribution in [-0.2, 0) is 6.18 Å². The van der Waals surface area contributed by atoms with Gasteiger partial charge in [0.25, 0.3) is 5.91 Å². The molecule has 4 N–H and O–H groups in total. The van der Waals surface area contributed by atoms with Gasteiger partial charge in [0, 0.05) is 41.8 Å². The van der Waals surface area contributed by atoms with Gasteiger partial charge in [-0.15, -0.1) is 0 Å². The quantitative estimate of drug-likeness (QED) is 0.352. The van der Waals surface area contributed by atoms with Gasteiger partial charge in [0.05, 0.1) is 11.6 Å². The van der Waals surface area contributed by atoms with Gasteiger partial charge >= 0.3 is 12.8 Å². The second kappa shape index (κ2) is 11.8. The number of hydrogen-bond donors (Lipinski definition) is 2. The minimum absolute atomic E-state index is 0.0320. The lowest BCUT2D eigenvalue weighted by Gasteiger charge is -2.39. The first kappa shape index (κ1) is 29.3. The number of halogens is 5. The molecule has 0 radical (unpaired) electrons. The number of aromatic nitrogens is 1. The number of aliphatic imine (C=N–C) groups is 1. The lowest BCUT2D eigenvalue weighted by Crippen LogP contribution is -2.49. The maximum atomic E-state index is 13.5. The summed E-state index contributed by atoms with van der Waals surface area (Å²) in [6.07, 6.45) is -0.0331. The number of nitrogens with zero attached hydrogens (tertiary/aromatic N) is 3. The van der Waals surface area contributed by atoms with Crippen molar-refractivity contribution in [3.8, 4) is 5.75 Å². The van der Waals surface area contributed by atoms with E-state index in [1.165, 1.54) is 4.90 Å². The van der Waals surface area contributed by atoms with Crippen LogP contribution >= 0.6 is 0 Å².